The van der Waals surface area contributed by atoms with Crippen LogP contribution < -0.4 is 0 Å². The Kier molecular flexibility index (Phi) is 6.06. The predicted octanol–water partition coefficient (Wildman–Crippen LogP) is 3.72. The molecule has 2 rings (SSSR count). The zero-order chi connectivity index (χ0) is 17.6. The van der Waals surface area contributed by atoms with E-state index >= 15 is 0 Å². The zero-order valence-corrected chi connectivity index (χ0v) is 14.3. The van der Waals surface area contributed by atoms with E-state index in [9.17, 15) is 14.9 Å². The number of nitro benzene ring substituents is 1. The second kappa shape index (κ2) is 8.04. The zero-order valence-electron chi connectivity index (χ0n) is 14.3. The number of rotatable bonds is 7. The van der Waals surface area contributed by atoms with Gasteiger partial charge in [-0.05, 0) is 25.7 Å². The molecular weight excluding hydrogens is 308 g/mol. The van der Waals surface area contributed by atoms with Gasteiger partial charge < -0.3 is 4.74 Å². The average Bonchev–Trinajstić information content (AvgIpc) is 2.61. The molecule has 0 unspecified atom stereocenters. The van der Waals surface area contributed by atoms with E-state index in [1.807, 2.05) is 6.07 Å². The molecule has 0 bridgehead atoms. The van der Waals surface area contributed by atoms with Crippen LogP contribution in [0.15, 0.2) is 29.3 Å². The fourth-order valence-electron chi connectivity index (χ4n) is 3.48. The minimum atomic E-state index is -0.346. The Bertz CT molecular complexity index is 642. The van der Waals surface area contributed by atoms with Gasteiger partial charge in [0.25, 0.3) is 5.69 Å². The summed E-state index contributed by atoms with van der Waals surface area (Å²) in [6.07, 6.45) is 4.29. The summed E-state index contributed by atoms with van der Waals surface area (Å²) in [5.74, 6) is -0.224. The van der Waals surface area contributed by atoms with E-state index in [0.717, 1.165) is 31.5 Å². The molecule has 0 saturated heterocycles. The van der Waals surface area contributed by atoms with Gasteiger partial charge in [0.15, 0.2) is 0 Å². The highest BCUT2D eigenvalue weighted by Gasteiger charge is 2.36. The van der Waals surface area contributed by atoms with Gasteiger partial charge in [0.2, 0.25) is 0 Å². The predicted molar refractivity (Wildman–Crippen MR) is 92.3 cm³/mol. The van der Waals surface area contributed by atoms with Crippen LogP contribution >= 0.6 is 0 Å². The molecule has 0 saturated carbocycles. The lowest BCUT2D eigenvalue weighted by Gasteiger charge is -2.37. The molecule has 1 aromatic carbocycles. The minimum absolute atomic E-state index is 0.128. The van der Waals surface area contributed by atoms with Gasteiger partial charge in [0.1, 0.15) is 0 Å². The molecule has 1 heterocycles. The number of methoxy groups -OCH3 is 1. The number of hydrogen-bond donors (Lipinski definition) is 0. The van der Waals surface area contributed by atoms with Crippen molar-refractivity contribution in [3.8, 4) is 0 Å². The van der Waals surface area contributed by atoms with Crippen molar-refractivity contribution >= 4 is 17.4 Å². The highest BCUT2D eigenvalue weighted by molar-refractivity contribution is 5.93. The standard InChI is InChI=1S/C18H24N2O4/c1-3-18(11-9-17(21)24-2)10-6-12-19-16(18)13-14-7-4-5-8-15(14)20(22)23/h4-5,7-8H,3,6,9-13H2,1-2H3/t18-/m1/s1. The number of aliphatic imine (C=N–C) groups is 1. The quantitative estimate of drug-likeness (QED) is 0.433. The third-order valence-electron chi connectivity index (χ3n) is 4.99. The molecule has 0 aliphatic carbocycles. The highest BCUT2D eigenvalue weighted by Crippen LogP contribution is 2.39. The molecule has 1 atom stereocenters. The Balaban J connectivity index is 2.27. The number of para-hydroxylation sites is 1. The lowest BCUT2D eigenvalue weighted by Crippen LogP contribution is -2.36. The Labute approximate surface area is 142 Å². The molecule has 6 nitrogen and oxygen atoms in total. The molecule has 130 valence electrons. The van der Waals surface area contributed by atoms with Gasteiger partial charge in [-0.3, -0.25) is 19.9 Å². The Hall–Kier alpha value is -2.24. The first-order valence-electron chi connectivity index (χ1n) is 8.35. The van der Waals surface area contributed by atoms with Gasteiger partial charge in [-0.15, -0.1) is 0 Å². The van der Waals surface area contributed by atoms with Crippen LogP contribution in [0, 0.1) is 15.5 Å². The van der Waals surface area contributed by atoms with Crippen molar-refractivity contribution in [2.45, 2.75) is 45.4 Å². The fourth-order valence-corrected chi connectivity index (χ4v) is 3.48. The molecule has 0 N–H and O–H groups in total. The Morgan fingerprint density at radius 3 is 2.83 bits per heavy atom. The summed E-state index contributed by atoms with van der Waals surface area (Å²) >= 11 is 0. The summed E-state index contributed by atoms with van der Waals surface area (Å²) in [6, 6.07) is 6.80. The number of hydrogen-bond acceptors (Lipinski definition) is 5. The van der Waals surface area contributed by atoms with Crippen LogP contribution in [-0.2, 0) is 16.0 Å². The second-order valence-corrected chi connectivity index (χ2v) is 6.20. The number of nitro groups is 1. The molecule has 0 amide bonds. The number of ether oxygens (including phenoxy) is 1. The highest BCUT2D eigenvalue weighted by atomic mass is 16.6. The van der Waals surface area contributed by atoms with Crippen molar-refractivity contribution < 1.29 is 14.5 Å². The molecule has 1 aromatic rings. The summed E-state index contributed by atoms with van der Waals surface area (Å²) < 4.78 is 4.77. The van der Waals surface area contributed by atoms with E-state index in [0.29, 0.717) is 24.8 Å². The molecule has 0 fully saturated rings. The van der Waals surface area contributed by atoms with E-state index in [-0.39, 0.29) is 22.0 Å². The van der Waals surface area contributed by atoms with E-state index in [1.165, 1.54) is 13.2 Å². The van der Waals surface area contributed by atoms with E-state index in [1.54, 1.807) is 12.1 Å². The first-order chi connectivity index (χ1) is 11.5. The normalized spacial score (nSPS) is 20.3. The maximum Gasteiger partial charge on any atom is 0.305 e. The maximum absolute atomic E-state index is 11.6. The lowest BCUT2D eigenvalue weighted by atomic mass is 9.69. The molecule has 0 aromatic heterocycles. The summed E-state index contributed by atoms with van der Waals surface area (Å²) in [7, 11) is 1.39. The van der Waals surface area contributed by atoms with Crippen LogP contribution in [0.3, 0.4) is 0 Å². The van der Waals surface area contributed by atoms with Crippen molar-refractivity contribution in [2.24, 2.45) is 10.4 Å². The van der Waals surface area contributed by atoms with Gasteiger partial charge in [0.05, 0.1) is 12.0 Å². The van der Waals surface area contributed by atoms with Gasteiger partial charge in [-0.1, -0.05) is 25.1 Å². The molecule has 1 aliphatic heterocycles. The summed E-state index contributed by atoms with van der Waals surface area (Å²) in [4.78, 5) is 27.2. The molecule has 1 aliphatic rings. The third kappa shape index (κ3) is 3.99. The van der Waals surface area contributed by atoms with E-state index in [4.69, 9.17) is 9.73 Å². The Morgan fingerprint density at radius 1 is 1.42 bits per heavy atom. The summed E-state index contributed by atoms with van der Waals surface area (Å²) in [6.45, 7) is 2.84. The van der Waals surface area contributed by atoms with E-state index < -0.39 is 0 Å². The average molecular weight is 332 g/mol. The van der Waals surface area contributed by atoms with E-state index in [2.05, 4.69) is 6.92 Å². The minimum Gasteiger partial charge on any atom is -0.469 e. The summed E-state index contributed by atoms with van der Waals surface area (Å²) in [5.41, 5.74) is 1.62. The molecule has 0 spiro atoms. The van der Waals surface area contributed by atoms with Crippen LogP contribution in [0.2, 0.25) is 0 Å². The molecule has 0 radical (unpaired) electrons. The van der Waals surface area contributed by atoms with Crippen LogP contribution in [0.5, 0.6) is 0 Å². The number of nitrogens with zero attached hydrogens (tertiary/aromatic N) is 2. The molecule has 6 heteroatoms. The maximum atomic E-state index is 11.6. The van der Waals surface area contributed by atoms with Gasteiger partial charge >= 0.3 is 5.97 Å². The summed E-state index contributed by atoms with van der Waals surface area (Å²) in [5, 5.41) is 11.3. The van der Waals surface area contributed by atoms with Crippen LogP contribution in [0.25, 0.3) is 0 Å². The van der Waals surface area contributed by atoms with Crippen LogP contribution in [0.1, 0.15) is 44.6 Å². The molecule has 24 heavy (non-hydrogen) atoms. The first-order valence-corrected chi connectivity index (χ1v) is 8.35. The monoisotopic (exact) mass is 332 g/mol. The number of esters is 1. The fraction of sp³-hybridized carbons (Fsp3) is 0.556. The molecular formula is C18H24N2O4. The number of benzene rings is 1. The first kappa shape index (κ1) is 18.1. The van der Waals surface area contributed by atoms with Crippen LogP contribution in [-0.4, -0.2) is 30.3 Å². The van der Waals surface area contributed by atoms with Gasteiger partial charge in [-0.25, -0.2) is 0 Å². The number of carbonyl (C=O) groups excluding carboxylic acids is 1. The van der Waals surface area contributed by atoms with Crippen molar-refractivity contribution in [3.05, 3.63) is 39.9 Å². The second-order valence-electron chi connectivity index (χ2n) is 6.20. The van der Waals surface area contributed by atoms with Gasteiger partial charge in [0, 0.05) is 42.1 Å². The topological polar surface area (TPSA) is 81.8 Å². The SMILES string of the molecule is CC[C@]1(CCC(=O)OC)CCCN=C1Cc1ccccc1[N+](=O)[O-]. The Morgan fingerprint density at radius 2 is 2.17 bits per heavy atom. The lowest BCUT2D eigenvalue weighted by molar-refractivity contribution is -0.385. The number of carbonyl (C=O) groups is 1. The van der Waals surface area contributed by atoms with Crippen molar-refractivity contribution in [1.82, 2.24) is 0 Å². The third-order valence-corrected chi connectivity index (χ3v) is 4.99. The van der Waals surface area contributed by atoms with Crippen LogP contribution in [0.4, 0.5) is 5.69 Å². The van der Waals surface area contributed by atoms with Crippen molar-refractivity contribution in [1.29, 1.82) is 0 Å². The smallest absolute Gasteiger partial charge is 0.305 e. The van der Waals surface area contributed by atoms with Crippen molar-refractivity contribution in [3.63, 3.8) is 0 Å². The van der Waals surface area contributed by atoms with Crippen molar-refractivity contribution in [2.75, 3.05) is 13.7 Å². The largest absolute Gasteiger partial charge is 0.469 e. The van der Waals surface area contributed by atoms with Gasteiger partial charge in [-0.2, -0.15) is 0 Å².